The van der Waals surface area contributed by atoms with E-state index in [1.807, 2.05) is 30.3 Å². The number of methoxy groups -OCH3 is 1. The third-order valence-electron chi connectivity index (χ3n) is 4.71. The van der Waals surface area contributed by atoms with Crippen molar-refractivity contribution in [3.63, 3.8) is 0 Å². The minimum absolute atomic E-state index is 0.0291. The van der Waals surface area contributed by atoms with Crippen molar-refractivity contribution in [3.05, 3.63) is 88.5 Å². The van der Waals surface area contributed by atoms with Crippen LogP contribution >= 0.6 is 0 Å². The number of alkyl halides is 4. The fraction of sp³-hybridized carbons (Fsp3) is 0.125. The molecule has 0 unspecified atom stereocenters. The van der Waals surface area contributed by atoms with Gasteiger partial charge in [-0.1, -0.05) is 60.7 Å². The summed E-state index contributed by atoms with van der Waals surface area (Å²) in [5, 5.41) is 0. The minimum Gasteiger partial charge on any atom is -0.496 e. The Balaban J connectivity index is 2.11. The Kier molecular flexibility index (Phi) is 6.35. The van der Waals surface area contributed by atoms with Gasteiger partial charge in [-0.15, -0.1) is 0 Å². The van der Waals surface area contributed by atoms with Crippen LogP contribution in [-0.2, 0) is 12.9 Å². The van der Waals surface area contributed by atoms with E-state index in [1.165, 1.54) is 19.3 Å². The third-order valence-corrected chi connectivity index (χ3v) is 4.71. The van der Waals surface area contributed by atoms with Crippen molar-refractivity contribution in [2.45, 2.75) is 12.9 Å². The van der Waals surface area contributed by atoms with E-state index in [2.05, 4.69) is 0 Å². The van der Waals surface area contributed by atoms with Gasteiger partial charge in [0.2, 0.25) is 0 Å². The smallest absolute Gasteiger partial charge is 0.417 e. The van der Waals surface area contributed by atoms with Crippen LogP contribution < -0.4 is 4.74 Å². The maximum Gasteiger partial charge on any atom is 0.417 e. The highest BCUT2D eigenvalue weighted by atomic mass is 19.4. The van der Waals surface area contributed by atoms with Gasteiger partial charge in [-0.3, -0.25) is 4.79 Å². The summed E-state index contributed by atoms with van der Waals surface area (Å²) >= 11 is 0. The Morgan fingerprint density at radius 2 is 1.60 bits per heavy atom. The van der Waals surface area contributed by atoms with Crippen LogP contribution in [0.4, 0.5) is 17.6 Å². The third kappa shape index (κ3) is 4.43. The fourth-order valence-corrected chi connectivity index (χ4v) is 3.24. The van der Waals surface area contributed by atoms with Gasteiger partial charge >= 0.3 is 6.18 Å². The number of hydrogen-bond acceptors (Lipinski definition) is 2. The lowest BCUT2D eigenvalue weighted by Crippen LogP contribution is -2.09. The maximum atomic E-state index is 13.9. The molecule has 154 valence electrons. The van der Waals surface area contributed by atoms with E-state index in [1.54, 1.807) is 18.2 Å². The SMILES string of the molecule is COc1cc(/C=C/c2cccc(-c3ccccc3)c2CF)c(C(F)(F)F)cc1C=O. The molecular formula is C24H18F4O2. The summed E-state index contributed by atoms with van der Waals surface area (Å²) in [6.45, 7) is -0.774. The number of aldehydes is 1. The molecule has 0 amide bonds. The van der Waals surface area contributed by atoms with Gasteiger partial charge in [-0.2, -0.15) is 13.2 Å². The van der Waals surface area contributed by atoms with Crippen LogP contribution in [0.15, 0.2) is 60.7 Å². The van der Waals surface area contributed by atoms with Crippen molar-refractivity contribution < 1.29 is 27.1 Å². The van der Waals surface area contributed by atoms with Crippen LogP contribution in [0.1, 0.15) is 32.6 Å². The number of carbonyl (C=O) groups excluding carboxylic acids is 1. The molecule has 0 spiro atoms. The van der Waals surface area contributed by atoms with Gasteiger partial charge < -0.3 is 4.74 Å². The monoisotopic (exact) mass is 414 g/mol. The summed E-state index contributed by atoms with van der Waals surface area (Å²) in [5.41, 5.74) is 0.981. The maximum absolute atomic E-state index is 13.9. The summed E-state index contributed by atoms with van der Waals surface area (Å²) in [7, 11) is 1.27. The normalized spacial score (nSPS) is 11.6. The first kappa shape index (κ1) is 21.3. The second-order valence-electron chi connectivity index (χ2n) is 6.50. The topological polar surface area (TPSA) is 26.3 Å². The first-order valence-corrected chi connectivity index (χ1v) is 9.04. The molecular weight excluding hydrogens is 396 g/mol. The predicted octanol–water partition coefficient (Wildman–Crippen LogP) is 6.83. The molecule has 2 nitrogen and oxygen atoms in total. The lowest BCUT2D eigenvalue weighted by atomic mass is 9.95. The first-order chi connectivity index (χ1) is 14.4. The Labute approximate surface area is 171 Å². The van der Waals surface area contributed by atoms with Crippen LogP contribution in [0.5, 0.6) is 5.75 Å². The summed E-state index contributed by atoms with van der Waals surface area (Å²) in [5.74, 6) is 0.0291. The Hall–Kier alpha value is -3.41. The van der Waals surface area contributed by atoms with Crippen molar-refractivity contribution in [2.24, 2.45) is 0 Å². The zero-order valence-corrected chi connectivity index (χ0v) is 16.0. The van der Waals surface area contributed by atoms with Gasteiger partial charge in [0.1, 0.15) is 12.4 Å². The molecule has 6 heteroatoms. The molecule has 0 aliphatic heterocycles. The van der Waals surface area contributed by atoms with E-state index >= 15 is 0 Å². The van der Waals surface area contributed by atoms with Crippen molar-refractivity contribution in [1.29, 1.82) is 0 Å². The van der Waals surface area contributed by atoms with Crippen molar-refractivity contribution in [1.82, 2.24) is 0 Å². The quantitative estimate of drug-likeness (QED) is 0.251. The second kappa shape index (κ2) is 8.95. The predicted molar refractivity (Wildman–Crippen MR) is 109 cm³/mol. The molecule has 0 aliphatic rings. The highest BCUT2D eigenvalue weighted by Crippen LogP contribution is 2.37. The molecule has 0 heterocycles. The number of rotatable bonds is 6. The van der Waals surface area contributed by atoms with Gasteiger partial charge in [-0.25, -0.2) is 4.39 Å². The Morgan fingerprint density at radius 3 is 2.20 bits per heavy atom. The van der Waals surface area contributed by atoms with Crippen molar-refractivity contribution in [3.8, 4) is 16.9 Å². The van der Waals surface area contributed by atoms with E-state index in [-0.39, 0.29) is 16.9 Å². The largest absolute Gasteiger partial charge is 0.496 e. The molecule has 0 fully saturated rings. The van der Waals surface area contributed by atoms with Crippen LogP contribution in [0, 0.1) is 0 Å². The van der Waals surface area contributed by atoms with Crippen LogP contribution in [0.25, 0.3) is 23.3 Å². The highest BCUT2D eigenvalue weighted by molar-refractivity contribution is 5.83. The molecule has 0 bridgehead atoms. The molecule has 30 heavy (non-hydrogen) atoms. The summed E-state index contributed by atoms with van der Waals surface area (Å²) < 4.78 is 59.4. The molecule has 0 radical (unpaired) electrons. The van der Waals surface area contributed by atoms with Gasteiger partial charge in [0, 0.05) is 0 Å². The number of ether oxygens (including phenoxy) is 1. The van der Waals surface area contributed by atoms with Crippen LogP contribution in [-0.4, -0.2) is 13.4 Å². The standard InChI is InChI=1S/C24H18F4O2/c1-30-23-13-18(22(24(26,27)28)12-19(23)15-29)11-10-17-8-5-9-20(21(17)14-25)16-6-3-2-4-7-16/h2-13,15H,14H2,1H3/b11-10+. The molecule has 0 aliphatic carbocycles. The molecule has 0 atom stereocenters. The zero-order chi connectivity index (χ0) is 21.7. The zero-order valence-electron chi connectivity index (χ0n) is 16.0. The Bertz CT molecular complexity index is 1070. The van der Waals surface area contributed by atoms with Crippen molar-refractivity contribution in [2.75, 3.05) is 7.11 Å². The van der Waals surface area contributed by atoms with Crippen LogP contribution in [0.3, 0.4) is 0 Å². The van der Waals surface area contributed by atoms with Crippen LogP contribution in [0.2, 0.25) is 0 Å². The van der Waals surface area contributed by atoms with E-state index in [4.69, 9.17) is 4.74 Å². The lowest BCUT2D eigenvalue weighted by Gasteiger charge is -2.14. The molecule has 3 rings (SSSR count). The molecule has 0 saturated heterocycles. The second-order valence-corrected chi connectivity index (χ2v) is 6.50. The van der Waals surface area contributed by atoms with Gasteiger partial charge in [0.05, 0.1) is 18.2 Å². The molecule has 3 aromatic rings. The molecule has 0 N–H and O–H groups in total. The van der Waals surface area contributed by atoms with E-state index < -0.39 is 18.4 Å². The number of halogens is 4. The summed E-state index contributed by atoms with van der Waals surface area (Å²) in [4.78, 5) is 11.1. The summed E-state index contributed by atoms with van der Waals surface area (Å²) in [6.07, 6.45) is -1.67. The molecule has 3 aromatic carbocycles. The molecule has 0 aromatic heterocycles. The first-order valence-electron chi connectivity index (χ1n) is 9.04. The average molecular weight is 414 g/mol. The highest BCUT2D eigenvalue weighted by Gasteiger charge is 2.34. The van der Waals surface area contributed by atoms with Gasteiger partial charge in [0.15, 0.2) is 6.29 Å². The number of hydrogen-bond donors (Lipinski definition) is 0. The molecule has 0 saturated carbocycles. The average Bonchev–Trinajstić information content (AvgIpc) is 2.76. The Morgan fingerprint density at radius 1 is 0.900 bits per heavy atom. The summed E-state index contributed by atoms with van der Waals surface area (Å²) in [6, 6.07) is 16.2. The number of carbonyl (C=O) groups is 1. The fourth-order valence-electron chi connectivity index (χ4n) is 3.24. The van der Waals surface area contributed by atoms with E-state index in [0.29, 0.717) is 23.0 Å². The van der Waals surface area contributed by atoms with E-state index in [0.717, 1.165) is 17.7 Å². The van der Waals surface area contributed by atoms with Crippen molar-refractivity contribution >= 4 is 18.4 Å². The van der Waals surface area contributed by atoms with E-state index in [9.17, 15) is 22.4 Å². The lowest BCUT2D eigenvalue weighted by molar-refractivity contribution is -0.137. The minimum atomic E-state index is -4.67. The van der Waals surface area contributed by atoms with Gasteiger partial charge in [0.25, 0.3) is 0 Å². The number of benzene rings is 3. The van der Waals surface area contributed by atoms with Gasteiger partial charge in [-0.05, 0) is 39.9 Å².